The first kappa shape index (κ1) is 15.1. The molecule has 0 spiro atoms. The van der Waals surface area contributed by atoms with Gasteiger partial charge in [-0.2, -0.15) is 0 Å². The lowest BCUT2D eigenvalue weighted by atomic mass is 10.1. The standard InChI is InChI=1S/C15H13ClFNO3/c1-2-20-15(19)11-7-14(12(17)8-13(11)18)21-10-5-3-4-9(16)6-10/h3-8H,2,18H2,1H3. The minimum Gasteiger partial charge on any atom is -0.462 e. The summed E-state index contributed by atoms with van der Waals surface area (Å²) in [5, 5.41) is 0.453. The van der Waals surface area contributed by atoms with Gasteiger partial charge in [0.05, 0.1) is 12.2 Å². The van der Waals surface area contributed by atoms with Crippen LogP contribution in [0.5, 0.6) is 11.5 Å². The van der Waals surface area contributed by atoms with Crippen LogP contribution in [0.15, 0.2) is 36.4 Å². The highest BCUT2D eigenvalue weighted by molar-refractivity contribution is 6.30. The van der Waals surface area contributed by atoms with E-state index in [0.29, 0.717) is 10.8 Å². The molecule has 6 heteroatoms. The largest absolute Gasteiger partial charge is 0.462 e. The maximum Gasteiger partial charge on any atom is 0.340 e. The van der Waals surface area contributed by atoms with Crippen molar-refractivity contribution in [1.29, 1.82) is 0 Å². The number of nitrogens with two attached hydrogens (primary N) is 1. The number of nitrogen functional groups attached to an aromatic ring is 1. The molecule has 0 aromatic heterocycles. The van der Waals surface area contributed by atoms with E-state index in [2.05, 4.69) is 0 Å². The monoisotopic (exact) mass is 309 g/mol. The van der Waals surface area contributed by atoms with Crippen molar-refractivity contribution in [3.05, 3.63) is 52.8 Å². The fourth-order valence-electron chi connectivity index (χ4n) is 1.69. The van der Waals surface area contributed by atoms with Crippen molar-refractivity contribution in [2.45, 2.75) is 6.92 Å². The first-order valence-corrected chi connectivity index (χ1v) is 6.58. The van der Waals surface area contributed by atoms with E-state index in [4.69, 9.17) is 26.8 Å². The van der Waals surface area contributed by atoms with Crippen LogP contribution in [0.2, 0.25) is 5.02 Å². The Hall–Kier alpha value is -2.27. The second kappa shape index (κ2) is 6.45. The van der Waals surface area contributed by atoms with Crippen LogP contribution in [0, 0.1) is 5.82 Å². The Morgan fingerprint density at radius 1 is 1.33 bits per heavy atom. The van der Waals surface area contributed by atoms with E-state index in [1.165, 1.54) is 12.1 Å². The summed E-state index contributed by atoms with van der Waals surface area (Å²) >= 11 is 5.83. The minimum atomic E-state index is -0.680. The Bertz CT molecular complexity index is 676. The first-order valence-electron chi connectivity index (χ1n) is 6.20. The molecule has 0 bridgehead atoms. The molecule has 0 heterocycles. The minimum absolute atomic E-state index is 0.00982. The molecule has 2 aromatic carbocycles. The molecule has 0 saturated heterocycles. The first-order chi connectivity index (χ1) is 10.0. The summed E-state index contributed by atoms with van der Waals surface area (Å²) in [7, 11) is 0. The summed E-state index contributed by atoms with van der Waals surface area (Å²) < 4.78 is 24.1. The van der Waals surface area contributed by atoms with Crippen LogP contribution in [-0.2, 0) is 4.74 Å². The zero-order valence-corrected chi connectivity index (χ0v) is 12.0. The van der Waals surface area contributed by atoms with Gasteiger partial charge < -0.3 is 15.2 Å². The predicted octanol–water partition coefficient (Wildman–Crippen LogP) is 4.03. The Morgan fingerprint density at radius 3 is 2.76 bits per heavy atom. The van der Waals surface area contributed by atoms with Crippen LogP contribution >= 0.6 is 11.6 Å². The average Bonchev–Trinajstić information content (AvgIpc) is 2.42. The molecule has 110 valence electrons. The van der Waals surface area contributed by atoms with E-state index >= 15 is 0 Å². The average molecular weight is 310 g/mol. The van der Waals surface area contributed by atoms with Crippen LogP contribution in [0.3, 0.4) is 0 Å². The maximum atomic E-state index is 13.9. The van der Waals surface area contributed by atoms with E-state index in [-0.39, 0.29) is 23.6 Å². The lowest BCUT2D eigenvalue weighted by molar-refractivity contribution is 0.0527. The van der Waals surface area contributed by atoms with Crippen LogP contribution < -0.4 is 10.5 Å². The van der Waals surface area contributed by atoms with Gasteiger partial charge in [0.2, 0.25) is 0 Å². The van der Waals surface area contributed by atoms with Gasteiger partial charge in [0.15, 0.2) is 11.6 Å². The van der Waals surface area contributed by atoms with Gasteiger partial charge in [0, 0.05) is 22.8 Å². The predicted molar refractivity (Wildman–Crippen MR) is 78.3 cm³/mol. The Morgan fingerprint density at radius 2 is 2.10 bits per heavy atom. The number of ether oxygens (including phenoxy) is 2. The fraction of sp³-hybridized carbons (Fsp3) is 0.133. The molecular weight excluding hydrogens is 297 g/mol. The van der Waals surface area contributed by atoms with Crippen molar-refractivity contribution < 1.29 is 18.7 Å². The second-order valence-electron chi connectivity index (χ2n) is 4.15. The smallest absolute Gasteiger partial charge is 0.340 e. The maximum absolute atomic E-state index is 13.9. The molecule has 2 rings (SSSR count). The van der Waals surface area contributed by atoms with E-state index in [0.717, 1.165) is 6.07 Å². The Kier molecular flexibility index (Phi) is 4.65. The zero-order chi connectivity index (χ0) is 15.4. The molecule has 0 fully saturated rings. The van der Waals surface area contributed by atoms with E-state index < -0.39 is 11.8 Å². The van der Waals surface area contributed by atoms with Crippen molar-refractivity contribution in [2.24, 2.45) is 0 Å². The number of halogens is 2. The number of hydrogen-bond donors (Lipinski definition) is 1. The van der Waals surface area contributed by atoms with Gasteiger partial charge in [-0.3, -0.25) is 0 Å². The van der Waals surface area contributed by atoms with E-state index in [1.54, 1.807) is 25.1 Å². The molecular formula is C15H13ClFNO3. The second-order valence-corrected chi connectivity index (χ2v) is 4.59. The summed E-state index contributed by atoms with van der Waals surface area (Å²) in [5.74, 6) is -1.10. The van der Waals surface area contributed by atoms with Crippen molar-refractivity contribution in [3.63, 3.8) is 0 Å². The van der Waals surface area contributed by atoms with Gasteiger partial charge in [-0.05, 0) is 25.1 Å². The number of carbonyl (C=O) groups is 1. The molecule has 0 atom stereocenters. The van der Waals surface area contributed by atoms with Gasteiger partial charge in [0.1, 0.15) is 5.75 Å². The number of hydrogen-bond acceptors (Lipinski definition) is 4. The fourth-order valence-corrected chi connectivity index (χ4v) is 1.87. The van der Waals surface area contributed by atoms with Gasteiger partial charge >= 0.3 is 5.97 Å². The highest BCUT2D eigenvalue weighted by Gasteiger charge is 2.16. The van der Waals surface area contributed by atoms with Gasteiger partial charge in [-0.1, -0.05) is 17.7 Å². The number of benzene rings is 2. The highest BCUT2D eigenvalue weighted by Crippen LogP contribution is 2.30. The van der Waals surface area contributed by atoms with Crippen molar-refractivity contribution in [1.82, 2.24) is 0 Å². The number of esters is 1. The van der Waals surface area contributed by atoms with Gasteiger partial charge in [-0.15, -0.1) is 0 Å². The summed E-state index contributed by atoms with van der Waals surface area (Å²) in [6.45, 7) is 1.86. The number of rotatable bonds is 4. The summed E-state index contributed by atoms with van der Waals surface area (Å²) in [4.78, 5) is 11.7. The van der Waals surface area contributed by atoms with Gasteiger partial charge in [-0.25, -0.2) is 9.18 Å². The molecule has 2 N–H and O–H groups in total. The normalized spacial score (nSPS) is 10.2. The molecule has 0 unspecified atom stereocenters. The van der Waals surface area contributed by atoms with Crippen LogP contribution in [0.25, 0.3) is 0 Å². The van der Waals surface area contributed by atoms with Crippen molar-refractivity contribution in [3.8, 4) is 11.5 Å². The lowest BCUT2D eigenvalue weighted by Crippen LogP contribution is -2.09. The Labute approximate surface area is 126 Å². The SMILES string of the molecule is CCOC(=O)c1cc(Oc2cccc(Cl)c2)c(F)cc1N. The van der Waals surface area contributed by atoms with E-state index in [1.807, 2.05) is 0 Å². The Balaban J connectivity index is 2.35. The molecule has 0 aliphatic carbocycles. The quantitative estimate of drug-likeness (QED) is 0.684. The van der Waals surface area contributed by atoms with Crippen molar-refractivity contribution >= 4 is 23.3 Å². The molecule has 21 heavy (non-hydrogen) atoms. The number of anilines is 1. The molecule has 2 aromatic rings. The lowest BCUT2D eigenvalue weighted by Gasteiger charge is -2.11. The molecule has 0 radical (unpaired) electrons. The molecule has 0 aliphatic heterocycles. The number of carbonyl (C=O) groups excluding carboxylic acids is 1. The zero-order valence-electron chi connectivity index (χ0n) is 11.2. The third-order valence-electron chi connectivity index (χ3n) is 2.62. The summed E-state index contributed by atoms with van der Waals surface area (Å²) in [6, 6.07) is 8.71. The van der Waals surface area contributed by atoms with Gasteiger partial charge in [0.25, 0.3) is 0 Å². The summed E-state index contributed by atoms with van der Waals surface area (Å²) in [6.07, 6.45) is 0. The van der Waals surface area contributed by atoms with Crippen LogP contribution in [-0.4, -0.2) is 12.6 Å². The topological polar surface area (TPSA) is 61.5 Å². The van der Waals surface area contributed by atoms with Crippen LogP contribution in [0.1, 0.15) is 17.3 Å². The molecule has 4 nitrogen and oxygen atoms in total. The van der Waals surface area contributed by atoms with Crippen molar-refractivity contribution in [2.75, 3.05) is 12.3 Å². The molecule has 0 amide bonds. The van der Waals surface area contributed by atoms with E-state index in [9.17, 15) is 9.18 Å². The highest BCUT2D eigenvalue weighted by atomic mass is 35.5. The summed E-state index contributed by atoms with van der Waals surface area (Å²) in [5.41, 5.74) is 5.66. The molecule has 0 aliphatic rings. The third-order valence-corrected chi connectivity index (χ3v) is 2.86. The molecule has 0 saturated carbocycles. The van der Waals surface area contributed by atoms with Crippen LogP contribution in [0.4, 0.5) is 10.1 Å². The third kappa shape index (κ3) is 3.64.